The van der Waals surface area contributed by atoms with Crippen LogP contribution in [-0.4, -0.2) is 0 Å². The molecule has 0 atom stereocenters. The number of hydrogen-bond donors (Lipinski definition) is 0. The Morgan fingerprint density at radius 1 is 1.04 bits per heavy atom. The van der Waals surface area contributed by atoms with Crippen LogP contribution >= 0.6 is 0 Å². The topological polar surface area (TPSA) is 109 Å². The molecule has 0 amide bonds. The zero-order valence-electron chi connectivity index (χ0n) is 13.1. The van der Waals surface area contributed by atoms with Gasteiger partial charge in [0.25, 0.3) is 0 Å². The molecule has 0 aliphatic heterocycles. The quantitative estimate of drug-likeness (QED) is 0.669. The maximum absolute atomic E-state index is 12.9. The van der Waals surface area contributed by atoms with Crippen molar-refractivity contribution in [2.45, 2.75) is 39.2 Å². The minimum Gasteiger partial charge on any atom is -0.236 e. The number of aromatic nitrogens is 1. The van der Waals surface area contributed by atoms with Gasteiger partial charge in [-0.15, -0.1) is 10.2 Å². The third-order valence-corrected chi connectivity index (χ3v) is 3.74. The Hall–Kier alpha value is -1.51. The Morgan fingerprint density at radius 2 is 1.52 bits per heavy atom. The van der Waals surface area contributed by atoms with Crippen LogP contribution in [0.15, 0.2) is 41.1 Å². The van der Waals surface area contributed by atoms with E-state index in [9.17, 15) is 4.39 Å². The third kappa shape index (κ3) is 6.25. The van der Waals surface area contributed by atoms with E-state index < -0.39 is 10.2 Å². The summed E-state index contributed by atoms with van der Waals surface area (Å²) in [6, 6.07) is 8.28. The third-order valence-electron chi connectivity index (χ3n) is 3.74. The predicted molar refractivity (Wildman–Crippen MR) is 68.5 cm³/mol. The van der Waals surface area contributed by atoms with Crippen molar-refractivity contribution in [1.29, 1.82) is 0 Å². The van der Waals surface area contributed by atoms with Gasteiger partial charge in [0, 0.05) is 25.3 Å². The van der Waals surface area contributed by atoms with Crippen molar-refractivity contribution in [3.05, 3.63) is 42.3 Å². The predicted octanol–water partition coefficient (Wildman–Crippen LogP) is -0.848. The molecule has 1 aromatic carbocycles. The summed E-state index contributed by atoms with van der Waals surface area (Å²) in [4.78, 5) is 0. The van der Waals surface area contributed by atoms with Gasteiger partial charge in [-0.05, 0) is 29.0 Å². The molecule has 128 valence electrons. The molecule has 0 bridgehead atoms. The van der Waals surface area contributed by atoms with Gasteiger partial charge < -0.3 is 0 Å². The summed E-state index contributed by atoms with van der Waals surface area (Å²) >= 11 is 0. The maximum atomic E-state index is 12.9. The molecular formula is C15H19ClFNO5. The fourth-order valence-corrected chi connectivity index (χ4v) is 1.92. The summed E-state index contributed by atoms with van der Waals surface area (Å²) < 4.78 is 54.6. The van der Waals surface area contributed by atoms with Gasteiger partial charge in [0.2, 0.25) is 17.5 Å². The fraction of sp³-hybridized carbons (Fsp3) is 0.400. The van der Waals surface area contributed by atoms with E-state index in [2.05, 4.69) is 20.8 Å². The highest BCUT2D eigenvalue weighted by Gasteiger charge is 2.34. The molecule has 6 nitrogen and oxygen atoms in total. The lowest BCUT2D eigenvalue weighted by Crippen LogP contribution is -2.68. The van der Waals surface area contributed by atoms with Crippen molar-refractivity contribution in [2.24, 2.45) is 0 Å². The maximum Gasteiger partial charge on any atom is 0.221 e. The molecule has 2 rings (SSSR count). The van der Waals surface area contributed by atoms with Crippen LogP contribution in [0.5, 0.6) is 0 Å². The highest BCUT2D eigenvalue weighted by molar-refractivity contribution is 5.55. The average Bonchev–Trinajstić information content (AvgIpc) is 2.96. The minimum atomic E-state index is -4.94. The first kappa shape index (κ1) is 19.5. The second-order valence-corrected chi connectivity index (χ2v) is 5.94. The van der Waals surface area contributed by atoms with Gasteiger partial charge in [-0.25, -0.2) is 27.5 Å². The number of nitrogens with zero attached hydrogens (tertiary/aromatic N) is 1. The van der Waals surface area contributed by atoms with Crippen LogP contribution in [0.3, 0.4) is 0 Å². The zero-order chi connectivity index (χ0) is 17.7. The molecule has 0 aliphatic carbocycles. The molecule has 0 saturated carbocycles. The van der Waals surface area contributed by atoms with E-state index in [1.54, 1.807) is 12.1 Å². The number of benzene rings is 1. The van der Waals surface area contributed by atoms with Crippen molar-refractivity contribution in [2.75, 3.05) is 0 Å². The van der Waals surface area contributed by atoms with Crippen molar-refractivity contribution in [1.82, 2.24) is 0 Å². The van der Waals surface area contributed by atoms with Crippen LogP contribution in [0.4, 0.5) is 4.39 Å². The lowest BCUT2D eigenvalue weighted by atomic mass is 9.96. The Bertz CT molecular complexity index is 599. The highest BCUT2D eigenvalue weighted by Crippen LogP contribution is 2.22. The van der Waals surface area contributed by atoms with Gasteiger partial charge >= 0.3 is 0 Å². The van der Waals surface area contributed by atoms with Crippen LogP contribution in [0.1, 0.15) is 33.6 Å². The largest absolute Gasteiger partial charge is 0.236 e. The Morgan fingerprint density at radius 3 is 1.96 bits per heavy atom. The summed E-state index contributed by atoms with van der Waals surface area (Å²) in [5.74, 6) is 0.535. The number of hydrogen-bond acceptors (Lipinski definition) is 5. The molecule has 0 fully saturated rings. The molecule has 0 spiro atoms. The van der Waals surface area contributed by atoms with Gasteiger partial charge in [0.15, 0.2) is 0 Å². The van der Waals surface area contributed by atoms with Gasteiger partial charge in [-0.2, -0.15) is 0 Å². The van der Waals surface area contributed by atoms with Gasteiger partial charge in [0.1, 0.15) is 5.82 Å². The van der Waals surface area contributed by atoms with E-state index in [0.29, 0.717) is 0 Å². The number of halogens is 2. The molecule has 2 aromatic rings. The molecule has 0 radical (unpaired) electrons. The van der Waals surface area contributed by atoms with E-state index in [1.165, 1.54) is 12.1 Å². The first-order valence-corrected chi connectivity index (χ1v) is 8.22. The van der Waals surface area contributed by atoms with Crippen LogP contribution in [0.2, 0.25) is 0 Å². The first-order chi connectivity index (χ1) is 10.6. The SMILES string of the molecule is CCC(C)(CC)[n+]1ccc(-c2ccc(F)cc2)o1.[O-][Cl+3]([O-])([O-])[O-]. The number of rotatable bonds is 4. The Labute approximate surface area is 136 Å². The van der Waals surface area contributed by atoms with E-state index in [-0.39, 0.29) is 11.4 Å². The van der Waals surface area contributed by atoms with Crippen molar-refractivity contribution >= 4 is 0 Å². The monoisotopic (exact) mass is 347 g/mol. The van der Waals surface area contributed by atoms with Crippen LogP contribution < -0.4 is 23.4 Å². The standard InChI is InChI=1S/C15H19FNO.ClHO4/c1-4-15(3,5-2)17-11-10-14(18-17)12-6-8-13(16)9-7-12;2-1(3,4)5/h6-11H,4-5H2,1-3H3;(H,2,3,4,5)/q+1;/p-1. The lowest BCUT2D eigenvalue weighted by Gasteiger charge is -2.17. The zero-order valence-corrected chi connectivity index (χ0v) is 13.9. The van der Waals surface area contributed by atoms with E-state index in [0.717, 1.165) is 24.2 Å². The second kappa shape index (κ2) is 7.85. The van der Waals surface area contributed by atoms with Gasteiger partial charge in [0.05, 0.1) is 6.07 Å². The minimum absolute atomic E-state index is 0.00171. The van der Waals surface area contributed by atoms with E-state index in [1.807, 2.05) is 17.0 Å². The lowest BCUT2D eigenvalue weighted by molar-refractivity contribution is -2.00. The highest BCUT2D eigenvalue weighted by atomic mass is 35.7. The Kier molecular flexibility index (Phi) is 6.67. The fourth-order valence-electron chi connectivity index (χ4n) is 1.92. The molecule has 0 N–H and O–H groups in total. The summed E-state index contributed by atoms with van der Waals surface area (Å²) in [5.41, 5.74) is 0.892. The summed E-state index contributed by atoms with van der Waals surface area (Å²) in [6.45, 7) is 6.47. The van der Waals surface area contributed by atoms with E-state index >= 15 is 0 Å². The summed E-state index contributed by atoms with van der Waals surface area (Å²) in [6.07, 6.45) is 3.96. The average molecular weight is 348 g/mol. The van der Waals surface area contributed by atoms with Crippen molar-refractivity contribution in [3.63, 3.8) is 0 Å². The molecule has 1 heterocycles. The molecule has 0 saturated heterocycles. The summed E-state index contributed by atoms with van der Waals surface area (Å²) in [7, 11) is -4.94. The molecule has 0 aliphatic rings. The smallest absolute Gasteiger partial charge is 0.221 e. The molecule has 1 aromatic heterocycles. The van der Waals surface area contributed by atoms with Crippen molar-refractivity contribution in [3.8, 4) is 11.3 Å². The van der Waals surface area contributed by atoms with E-state index in [4.69, 9.17) is 23.2 Å². The van der Waals surface area contributed by atoms with Gasteiger partial charge in [-0.3, -0.25) is 0 Å². The molecule has 0 unspecified atom stereocenters. The normalized spacial score (nSPS) is 11.8. The Balaban J connectivity index is 0.000000463. The molecule has 8 heteroatoms. The molecule has 23 heavy (non-hydrogen) atoms. The van der Waals surface area contributed by atoms with Gasteiger partial charge in [-0.1, -0.05) is 13.8 Å². The van der Waals surface area contributed by atoms with Crippen LogP contribution in [0, 0.1) is 16.1 Å². The summed E-state index contributed by atoms with van der Waals surface area (Å²) in [5, 5.41) is 0. The molecular weight excluding hydrogens is 329 g/mol. The first-order valence-electron chi connectivity index (χ1n) is 6.99. The van der Waals surface area contributed by atoms with Crippen LogP contribution in [-0.2, 0) is 5.54 Å². The van der Waals surface area contributed by atoms with Crippen molar-refractivity contribution < 1.29 is 42.5 Å². The van der Waals surface area contributed by atoms with Crippen LogP contribution in [0.25, 0.3) is 11.3 Å². The second-order valence-electron chi connectivity index (χ2n) is 5.19.